The second kappa shape index (κ2) is 14.2. The van der Waals surface area contributed by atoms with Crippen LogP contribution in [0.3, 0.4) is 0 Å². The molecule has 244 valence electrons. The van der Waals surface area contributed by atoms with Crippen LogP contribution in [-0.2, 0) is 45.4 Å². The summed E-state index contributed by atoms with van der Waals surface area (Å²) >= 11 is 6.67. The average Bonchev–Trinajstić information content (AvgIpc) is 3.63. The molecule has 0 unspecified atom stereocenters. The first-order chi connectivity index (χ1) is 21.4. The van der Waals surface area contributed by atoms with Crippen LogP contribution >= 0.6 is 11.6 Å². The number of carbonyl (C=O) groups excluding carboxylic acids is 2. The molecule has 0 fully saturated rings. The van der Waals surface area contributed by atoms with Crippen LogP contribution in [0.1, 0.15) is 55.4 Å². The largest absolute Gasteiger partial charge is 0.493 e. The molecule has 4 rings (SSSR count). The van der Waals surface area contributed by atoms with Gasteiger partial charge < -0.3 is 39.0 Å². The smallest absolute Gasteiger partial charge is 0.306 e. The van der Waals surface area contributed by atoms with Gasteiger partial charge in [0.2, 0.25) is 11.8 Å². The van der Waals surface area contributed by atoms with Gasteiger partial charge in [-0.3, -0.25) is 19.2 Å². The number of halogens is 2. The van der Waals surface area contributed by atoms with Gasteiger partial charge in [-0.15, -0.1) is 0 Å². The quantitative estimate of drug-likeness (QED) is 0.284. The molecule has 45 heavy (non-hydrogen) atoms. The maximum atomic E-state index is 15.5. The number of amides is 2. The summed E-state index contributed by atoms with van der Waals surface area (Å²) in [5.74, 6) is -4.38. The van der Waals surface area contributed by atoms with E-state index in [1.807, 2.05) is 0 Å². The van der Waals surface area contributed by atoms with Crippen molar-refractivity contribution >= 4 is 35.4 Å². The predicted molar refractivity (Wildman–Crippen MR) is 158 cm³/mol. The lowest BCUT2D eigenvalue weighted by Gasteiger charge is -2.17. The van der Waals surface area contributed by atoms with E-state index in [0.29, 0.717) is 23.3 Å². The molecule has 0 aliphatic carbocycles. The van der Waals surface area contributed by atoms with Crippen LogP contribution in [0.5, 0.6) is 23.0 Å². The number of ether oxygens (including phenoxy) is 4. The minimum Gasteiger partial charge on any atom is -0.493 e. The molecule has 0 saturated carbocycles. The summed E-state index contributed by atoms with van der Waals surface area (Å²) in [6.45, 7) is 3.72. The van der Waals surface area contributed by atoms with Crippen molar-refractivity contribution in [2.75, 3.05) is 27.4 Å². The molecule has 2 atom stereocenters. The Morgan fingerprint density at radius 3 is 1.73 bits per heavy atom. The number of rotatable bonds is 14. The first kappa shape index (κ1) is 33.6. The number of carboxylic acid groups (broad SMARTS) is 2. The van der Waals surface area contributed by atoms with E-state index in [4.69, 9.17) is 40.8 Å². The molecule has 0 aromatic heterocycles. The van der Waals surface area contributed by atoms with Gasteiger partial charge in [0.1, 0.15) is 0 Å². The maximum Gasteiger partial charge on any atom is 0.306 e. The standard InChI is InChI=1S/C31H36ClFN2O10/c1-16(30(38)39)8-24(36)34-12-18-10-22(42-3)28(26(32)20(18)14-34)44-6-5-7-45-29-23(43-4)11-19-13-35(15-21(19)27(29)33)25(37)9-17(2)31(40)41/h10-11,16-17H,5-9,12-15H2,1-4H3,(H,38,39)(H,40,41)/t16-,17-/m0/s1. The van der Waals surface area contributed by atoms with E-state index in [1.54, 1.807) is 12.1 Å². The fraction of sp³-hybridized carbons (Fsp3) is 0.484. The van der Waals surface area contributed by atoms with E-state index in [1.165, 1.54) is 37.9 Å². The SMILES string of the molecule is COc1cc2c(c(F)c1OCCCOc1c(OC)cc3c(c1Cl)CN(C(=O)C[C@H](C)C(=O)O)C3)CN(C(=O)C[C@H](C)C(=O)O)C2. The third-order valence-corrected chi connectivity index (χ3v) is 8.31. The van der Waals surface area contributed by atoms with Crippen molar-refractivity contribution in [3.8, 4) is 23.0 Å². The van der Waals surface area contributed by atoms with Gasteiger partial charge in [0, 0.05) is 51.0 Å². The predicted octanol–water partition coefficient (Wildman–Crippen LogP) is 4.25. The lowest BCUT2D eigenvalue weighted by Crippen LogP contribution is -2.28. The van der Waals surface area contributed by atoms with Gasteiger partial charge in [-0.1, -0.05) is 25.4 Å². The van der Waals surface area contributed by atoms with Crippen molar-refractivity contribution in [1.82, 2.24) is 9.80 Å². The monoisotopic (exact) mass is 650 g/mol. The Morgan fingerprint density at radius 1 is 0.800 bits per heavy atom. The number of fused-ring (bicyclic) bond motifs is 2. The first-order valence-electron chi connectivity index (χ1n) is 14.4. The van der Waals surface area contributed by atoms with E-state index in [0.717, 1.165) is 5.56 Å². The highest BCUT2D eigenvalue weighted by atomic mass is 35.5. The summed E-state index contributed by atoms with van der Waals surface area (Å²) in [4.78, 5) is 50.5. The van der Waals surface area contributed by atoms with Crippen molar-refractivity contribution in [2.45, 2.75) is 59.3 Å². The van der Waals surface area contributed by atoms with Gasteiger partial charge in [0.15, 0.2) is 28.8 Å². The Morgan fingerprint density at radius 2 is 1.24 bits per heavy atom. The topological polar surface area (TPSA) is 152 Å². The summed E-state index contributed by atoms with van der Waals surface area (Å²) in [5, 5.41) is 18.5. The van der Waals surface area contributed by atoms with E-state index in [-0.39, 0.29) is 91.9 Å². The molecule has 2 N–H and O–H groups in total. The third kappa shape index (κ3) is 7.35. The van der Waals surface area contributed by atoms with Crippen LogP contribution in [0.4, 0.5) is 4.39 Å². The van der Waals surface area contributed by atoms with Crippen molar-refractivity contribution < 1.29 is 52.7 Å². The summed E-state index contributed by atoms with van der Waals surface area (Å²) in [7, 11) is 2.85. The zero-order valence-electron chi connectivity index (χ0n) is 25.5. The lowest BCUT2D eigenvalue weighted by atomic mass is 10.1. The average molecular weight is 651 g/mol. The molecule has 0 spiro atoms. The molecule has 2 aliphatic rings. The highest BCUT2D eigenvalue weighted by Gasteiger charge is 2.32. The number of hydrogen-bond acceptors (Lipinski definition) is 8. The van der Waals surface area contributed by atoms with Crippen LogP contribution < -0.4 is 18.9 Å². The summed E-state index contributed by atoms with van der Waals surface area (Å²) < 4.78 is 38.0. The Balaban J connectivity index is 1.36. The molecule has 0 bridgehead atoms. The van der Waals surface area contributed by atoms with Crippen LogP contribution in [0, 0.1) is 17.7 Å². The number of aliphatic carboxylic acids is 2. The molecular weight excluding hydrogens is 615 g/mol. The second-order valence-corrected chi connectivity index (χ2v) is 11.5. The van der Waals surface area contributed by atoms with Gasteiger partial charge in [-0.05, 0) is 28.8 Å². The number of benzene rings is 2. The minimum atomic E-state index is -1.08. The zero-order valence-corrected chi connectivity index (χ0v) is 26.2. The summed E-state index contributed by atoms with van der Waals surface area (Å²) in [6, 6.07) is 3.35. The van der Waals surface area contributed by atoms with E-state index in [2.05, 4.69) is 0 Å². The van der Waals surface area contributed by atoms with Crippen LogP contribution in [0.25, 0.3) is 0 Å². The van der Waals surface area contributed by atoms with Crippen molar-refractivity contribution in [2.24, 2.45) is 11.8 Å². The highest BCUT2D eigenvalue weighted by molar-refractivity contribution is 6.33. The molecule has 14 heteroatoms. The number of hydrogen-bond donors (Lipinski definition) is 2. The molecule has 2 aromatic rings. The summed E-state index contributed by atoms with van der Waals surface area (Å²) in [5.41, 5.74) is 2.32. The molecule has 2 heterocycles. The lowest BCUT2D eigenvalue weighted by molar-refractivity contribution is -0.145. The Kier molecular flexibility index (Phi) is 10.6. The van der Waals surface area contributed by atoms with Crippen LogP contribution in [0.15, 0.2) is 12.1 Å². The van der Waals surface area contributed by atoms with Gasteiger partial charge in [-0.25, -0.2) is 4.39 Å². The van der Waals surface area contributed by atoms with Gasteiger partial charge in [0.05, 0.1) is 44.3 Å². The van der Waals surface area contributed by atoms with Crippen LogP contribution in [0.2, 0.25) is 5.02 Å². The Labute approximate surface area is 264 Å². The molecule has 2 aliphatic heterocycles. The van der Waals surface area contributed by atoms with Gasteiger partial charge >= 0.3 is 11.9 Å². The van der Waals surface area contributed by atoms with E-state index < -0.39 is 29.6 Å². The van der Waals surface area contributed by atoms with E-state index in [9.17, 15) is 19.2 Å². The number of carboxylic acids is 2. The van der Waals surface area contributed by atoms with Crippen molar-refractivity contribution in [3.05, 3.63) is 45.2 Å². The number of carbonyl (C=O) groups is 4. The third-order valence-electron chi connectivity index (χ3n) is 7.91. The fourth-order valence-corrected chi connectivity index (χ4v) is 5.54. The van der Waals surface area contributed by atoms with Gasteiger partial charge in [-0.2, -0.15) is 0 Å². The molecule has 0 saturated heterocycles. The van der Waals surface area contributed by atoms with Crippen molar-refractivity contribution in [3.63, 3.8) is 0 Å². The second-order valence-electron chi connectivity index (χ2n) is 11.2. The minimum absolute atomic E-state index is 0.00592. The summed E-state index contributed by atoms with van der Waals surface area (Å²) in [6.07, 6.45) is 0.0119. The maximum absolute atomic E-state index is 15.5. The highest BCUT2D eigenvalue weighted by Crippen LogP contribution is 2.44. The Hall–Kier alpha value is -4.26. The number of methoxy groups -OCH3 is 2. The molecular formula is C31H36ClFN2O10. The molecule has 2 aromatic carbocycles. The molecule has 12 nitrogen and oxygen atoms in total. The molecule has 0 radical (unpaired) electrons. The zero-order chi connectivity index (χ0) is 33.0. The Bertz CT molecular complexity index is 1390. The number of nitrogens with zero attached hydrogens (tertiary/aromatic N) is 2. The van der Waals surface area contributed by atoms with Gasteiger partial charge in [0.25, 0.3) is 0 Å². The van der Waals surface area contributed by atoms with Crippen LogP contribution in [-0.4, -0.2) is 71.2 Å². The molecule has 2 amide bonds. The van der Waals surface area contributed by atoms with E-state index >= 15 is 4.39 Å². The fourth-order valence-electron chi connectivity index (χ4n) is 5.21. The normalized spacial score (nSPS) is 14.8. The van der Waals surface area contributed by atoms with Crippen molar-refractivity contribution in [1.29, 1.82) is 0 Å². The first-order valence-corrected chi connectivity index (χ1v) is 14.8.